The Balaban J connectivity index is 0.00000208. The number of benzene rings is 1. The zero-order chi connectivity index (χ0) is 16.4. The number of nitrogens with zero attached hydrogens (tertiary/aromatic N) is 1. The summed E-state index contributed by atoms with van der Waals surface area (Å²) in [6.45, 7) is 2.74. The minimum Gasteiger partial charge on any atom is -0.344 e. The Morgan fingerprint density at radius 3 is 2.54 bits per heavy atom. The molecule has 24 heavy (non-hydrogen) atoms. The number of carbonyl (C=O) groups is 2. The lowest BCUT2D eigenvalue weighted by atomic mass is 10.0. The van der Waals surface area contributed by atoms with Crippen molar-refractivity contribution in [1.82, 2.24) is 5.32 Å². The molecule has 3 rings (SSSR count). The molecule has 3 N–H and O–H groups in total. The van der Waals surface area contributed by atoms with Crippen molar-refractivity contribution in [1.29, 1.82) is 0 Å². The van der Waals surface area contributed by atoms with Crippen LogP contribution in [0.4, 0.5) is 5.69 Å². The summed E-state index contributed by atoms with van der Waals surface area (Å²) in [6.07, 6.45) is 4.07. The molecule has 0 spiro atoms. The van der Waals surface area contributed by atoms with Gasteiger partial charge in [0.1, 0.15) is 6.04 Å². The molecule has 2 aliphatic rings. The first-order valence-corrected chi connectivity index (χ1v) is 8.48. The van der Waals surface area contributed by atoms with E-state index in [1.807, 2.05) is 31.2 Å². The minimum absolute atomic E-state index is 0. The lowest BCUT2D eigenvalue weighted by Gasteiger charge is -2.33. The van der Waals surface area contributed by atoms with Gasteiger partial charge in [-0.1, -0.05) is 17.7 Å². The average molecular weight is 352 g/mol. The van der Waals surface area contributed by atoms with Crippen molar-refractivity contribution in [3.63, 3.8) is 0 Å². The van der Waals surface area contributed by atoms with E-state index in [1.165, 1.54) is 5.56 Å². The number of aryl methyl sites for hydroxylation is 1. The summed E-state index contributed by atoms with van der Waals surface area (Å²) < 4.78 is 0. The first-order valence-electron chi connectivity index (χ1n) is 8.48. The predicted octanol–water partition coefficient (Wildman–Crippen LogP) is 2.16. The Hall–Kier alpha value is -1.59. The van der Waals surface area contributed by atoms with Crippen molar-refractivity contribution < 1.29 is 9.59 Å². The summed E-state index contributed by atoms with van der Waals surface area (Å²) in [5.74, 6) is -0.0506. The largest absolute Gasteiger partial charge is 0.344 e. The van der Waals surface area contributed by atoms with Crippen molar-refractivity contribution >= 4 is 29.9 Å². The van der Waals surface area contributed by atoms with Crippen LogP contribution < -0.4 is 16.0 Å². The van der Waals surface area contributed by atoms with Crippen LogP contribution in [0.5, 0.6) is 0 Å². The second kappa shape index (κ2) is 7.99. The van der Waals surface area contributed by atoms with Crippen LogP contribution in [0.2, 0.25) is 0 Å². The molecular formula is C18H26ClN3O2. The molecule has 0 aromatic heterocycles. The molecule has 2 amide bonds. The van der Waals surface area contributed by atoms with Gasteiger partial charge in [-0.3, -0.25) is 9.59 Å². The summed E-state index contributed by atoms with van der Waals surface area (Å²) in [4.78, 5) is 26.9. The Labute approximate surface area is 149 Å². The van der Waals surface area contributed by atoms with Crippen molar-refractivity contribution in [3.05, 3.63) is 29.8 Å². The molecule has 3 atom stereocenters. The minimum atomic E-state index is -0.408. The highest BCUT2D eigenvalue weighted by Crippen LogP contribution is 2.26. The predicted molar refractivity (Wildman–Crippen MR) is 97.3 cm³/mol. The lowest BCUT2D eigenvalue weighted by Crippen LogP contribution is -2.53. The van der Waals surface area contributed by atoms with E-state index in [0.29, 0.717) is 13.0 Å². The normalized spacial score (nSPS) is 26.8. The van der Waals surface area contributed by atoms with E-state index in [9.17, 15) is 9.59 Å². The molecular weight excluding hydrogens is 326 g/mol. The summed E-state index contributed by atoms with van der Waals surface area (Å²) in [7, 11) is 0. The van der Waals surface area contributed by atoms with Gasteiger partial charge in [-0.25, -0.2) is 0 Å². The fraction of sp³-hybridized carbons (Fsp3) is 0.556. The second-order valence-corrected chi connectivity index (χ2v) is 6.80. The standard InChI is InChI=1S/C18H25N3O2.ClH/c1-12-4-8-15(9-5-12)21-10-2-3-16(18(21)23)20-17(22)13-6-7-14(19)11-13;/h4-5,8-9,13-14,16H,2-3,6-7,10-11,19H2,1H3,(H,20,22);1H. The van der Waals surface area contributed by atoms with Gasteiger partial charge in [0.15, 0.2) is 0 Å². The molecule has 3 unspecified atom stereocenters. The van der Waals surface area contributed by atoms with Crippen LogP contribution in [-0.4, -0.2) is 30.4 Å². The number of anilines is 1. The smallest absolute Gasteiger partial charge is 0.249 e. The van der Waals surface area contributed by atoms with Gasteiger partial charge in [-0.15, -0.1) is 12.4 Å². The molecule has 0 bridgehead atoms. The van der Waals surface area contributed by atoms with Crippen LogP contribution in [0, 0.1) is 12.8 Å². The number of rotatable bonds is 3. The molecule has 5 nitrogen and oxygen atoms in total. The van der Waals surface area contributed by atoms with Gasteiger partial charge in [-0.05, 0) is 51.2 Å². The fourth-order valence-corrected chi connectivity index (χ4v) is 3.53. The first kappa shape index (κ1) is 18.7. The second-order valence-electron chi connectivity index (χ2n) is 6.80. The molecule has 1 saturated carbocycles. The first-order chi connectivity index (χ1) is 11.0. The van der Waals surface area contributed by atoms with Gasteiger partial charge in [0.2, 0.25) is 11.8 Å². The van der Waals surface area contributed by atoms with Crippen LogP contribution >= 0.6 is 12.4 Å². The maximum Gasteiger partial charge on any atom is 0.249 e. The van der Waals surface area contributed by atoms with Gasteiger partial charge < -0.3 is 16.0 Å². The van der Waals surface area contributed by atoms with E-state index in [0.717, 1.165) is 31.4 Å². The van der Waals surface area contributed by atoms with E-state index >= 15 is 0 Å². The van der Waals surface area contributed by atoms with Gasteiger partial charge in [-0.2, -0.15) is 0 Å². The number of halogens is 1. The summed E-state index contributed by atoms with van der Waals surface area (Å²) >= 11 is 0. The molecule has 1 aliphatic heterocycles. The van der Waals surface area contributed by atoms with Gasteiger partial charge in [0.05, 0.1) is 0 Å². The summed E-state index contributed by atoms with van der Waals surface area (Å²) in [6, 6.07) is 7.65. The van der Waals surface area contributed by atoms with Crippen molar-refractivity contribution in [2.75, 3.05) is 11.4 Å². The number of piperidine rings is 1. The molecule has 1 aliphatic carbocycles. The van der Waals surface area contributed by atoms with Crippen LogP contribution in [0.25, 0.3) is 0 Å². The highest BCUT2D eigenvalue weighted by atomic mass is 35.5. The molecule has 1 heterocycles. The van der Waals surface area contributed by atoms with Crippen molar-refractivity contribution in [3.8, 4) is 0 Å². The fourth-order valence-electron chi connectivity index (χ4n) is 3.53. The van der Waals surface area contributed by atoms with Gasteiger partial charge in [0.25, 0.3) is 0 Å². The third-order valence-corrected chi connectivity index (χ3v) is 4.94. The zero-order valence-electron chi connectivity index (χ0n) is 14.0. The Bertz CT molecular complexity index is 590. The summed E-state index contributed by atoms with van der Waals surface area (Å²) in [5, 5.41) is 2.96. The molecule has 0 radical (unpaired) electrons. The van der Waals surface area contributed by atoms with E-state index in [1.54, 1.807) is 4.90 Å². The number of amides is 2. The molecule has 6 heteroatoms. The van der Waals surface area contributed by atoms with Gasteiger partial charge in [0, 0.05) is 24.2 Å². The maximum atomic E-state index is 12.7. The zero-order valence-corrected chi connectivity index (χ0v) is 14.8. The third-order valence-electron chi connectivity index (χ3n) is 4.94. The van der Waals surface area contributed by atoms with E-state index < -0.39 is 6.04 Å². The number of nitrogens with two attached hydrogens (primary N) is 1. The van der Waals surface area contributed by atoms with Crippen molar-refractivity contribution in [2.45, 2.75) is 51.1 Å². The molecule has 1 aromatic carbocycles. The van der Waals surface area contributed by atoms with Crippen molar-refractivity contribution in [2.24, 2.45) is 11.7 Å². The van der Waals surface area contributed by atoms with Crippen LogP contribution in [-0.2, 0) is 9.59 Å². The Morgan fingerprint density at radius 1 is 1.21 bits per heavy atom. The van der Waals surface area contributed by atoms with E-state index in [4.69, 9.17) is 5.73 Å². The van der Waals surface area contributed by atoms with Crippen LogP contribution in [0.3, 0.4) is 0 Å². The lowest BCUT2D eigenvalue weighted by molar-refractivity contribution is -0.130. The van der Waals surface area contributed by atoms with E-state index in [2.05, 4.69) is 5.32 Å². The Morgan fingerprint density at radius 2 is 1.92 bits per heavy atom. The summed E-state index contributed by atoms with van der Waals surface area (Å²) in [5.41, 5.74) is 7.95. The van der Waals surface area contributed by atoms with E-state index in [-0.39, 0.29) is 36.2 Å². The highest BCUT2D eigenvalue weighted by Gasteiger charge is 2.34. The van der Waals surface area contributed by atoms with Crippen LogP contribution in [0.15, 0.2) is 24.3 Å². The number of nitrogens with one attached hydrogen (secondary N) is 1. The number of carbonyl (C=O) groups excluding carboxylic acids is 2. The monoisotopic (exact) mass is 351 g/mol. The number of hydrogen-bond acceptors (Lipinski definition) is 3. The average Bonchev–Trinajstić information content (AvgIpc) is 2.97. The quantitative estimate of drug-likeness (QED) is 0.876. The van der Waals surface area contributed by atoms with Gasteiger partial charge >= 0.3 is 0 Å². The van der Waals surface area contributed by atoms with Crippen LogP contribution in [0.1, 0.15) is 37.7 Å². The SMILES string of the molecule is Cc1ccc(N2CCCC(NC(=O)C3CCC(N)C3)C2=O)cc1.Cl. The highest BCUT2D eigenvalue weighted by molar-refractivity contribution is 6.00. The molecule has 132 valence electrons. The molecule has 2 fully saturated rings. The topological polar surface area (TPSA) is 75.4 Å². The molecule has 1 saturated heterocycles. The third kappa shape index (κ3) is 4.08. The number of hydrogen-bond donors (Lipinski definition) is 2. The molecule has 1 aromatic rings. The Kier molecular flexibility index (Phi) is 6.24. The maximum absolute atomic E-state index is 12.7.